The van der Waals surface area contributed by atoms with Crippen LogP contribution in [0, 0.1) is 0 Å². The minimum Gasteiger partial charge on any atom is -0.465 e. The summed E-state index contributed by atoms with van der Waals surface area (Å²) in [4.78, 5) is 16.6. The predicted octanol–water partition coefficient (Wildman–Crippen LogP) is 1.73. The van der Waals surface area contributed by atoms with Crippen molar-refractivity contribution < 1.29 is 14.4 Å². The van der Waals surface area contributed by atoms with Gasteiger partial charge in [0.25, 0.3) is 0 Å². The highest BCUT2D eigenvalue weighted by atomic mass is 35.5. The van der Waals surface area contributed by atoms with E-state index in [-0.39, 0.29) is 12.0 Å². The van der Waals surface area contributed by atoms with E-state index in [0.29, 0.717) is 13.0 Å². The van der Waals surface area contributed by atoms with Crippen LogP contribution in [0.25, 0.3) is 0 Å². The quantitative estimate of drug-likeness (QED) is 0.286. The van der Waals surface area contributed by atoms with Gasteiger partial charge in [-0.25, -0.2) is 0 Å². The van der Waals surface area contributed by atoms with Gasteiger partial charge in [-0.05, 0) is 25.4 Å². The van der Waals surface area contributed by atoms with E-state index in [1.54, 1.807) is 18.7 Å². The number of carbonyl (C=O) groups excluding carboxylic acids is 1. The summed E-state index contributed by atoms with van der Waals surface area (Å²) >= 11 is 7.34. The van der Waals surface area contributed by atoms with Crippen LogP contribution in [-0.2, 0) is 14.4 Å². The van der Waals surface area contributed by atoms with Crippen LogP contribution in [0.2, 0.25) is 0 Å². The van der Waals surface area contributed by atoms with Crippen molar-refractivity contribution in [1.82, 2.24) is 5.06 Å². The van der Waals surface area contributed by atoms with Crippen molar-refractivity contribution in [1.29, 1.82) is 0 Å². The smallest absolute Gasteiger partial charge is 0.325 e. The summed E-state index contributed by atoms with van der Waals surface area (Å²) < 4.78 is 4.96. The third-order valence-corrected chi connectivity index (χ3v) is 2.73. The maximum atomic E-state index is 11.6. The Morgan fingerprint density at radius 1 is 1.60 bits per heavy atom. The molecule has 0 saturated carbocycles. The lowest BCUT2D eigenvalue weighted by atomic mass is 10.2. The van der Waals surface area contributed by atoms with Gasteiger partial charge in [0.2, 0.25) is 0 Å². The van der Waals surface area contributed by atoms with Crippen LogP contribution in [0.15, 0.2) is 0 Å². The number of carbonyl (C=O) groups is 1. The highest BCUT2D eigenvalue weighted by Crippen LogP contribution is 2.11. The number of hydrogen-bond donors (Lipinski definition) is 0. The average Bonchev–Trinajstić information content (AvgIpc) is 2.24. The number of ether oxygens (including phenoxy) is 1. The van der Waals surface area contributed by atoms with E-state index in [0.717, 1.165) is 5.75 Å². The van der Waals surface area contributed by atoms with Gasteiger partial charge in [0.1, 0.15) is 6.04 Å². The molecule has 1 atom stereocenters. The Bertz CT molecular complexity index is 179. The number of alkyl halides is 1. The van der Waals surface area contributed by atoms with E-state index in [4.69, 9.17) is 21.2 Å². The molecule has 0 fully saturated rings. The van der Waals surface area contributed by atoms with E-state index in [1.807, 2.05) is 6.26 Å². The second-order valence-corrected chi connectivity index (χ2v) is 3.99. The zero-order valence-corrected chi connectivity index (χ0v) is 10.9. The van der Waals surface area contributed by atoms with Crippen LogP contribution < -0.4 is 0 Å². The van der Waals surface area contributed by atoms with E-state index in [9.17, 15) is 4.79 Å². The Labute approximate surface area is 100 Å². The molecule has 0 aliphatic rings. The number of rotatable bonds is 8. The Morgan fingerprint density at radius 3 is 2.67 bits per heavy atom. The van der Waals surface area contributed by atoms with Crippen LogP contribution in [-0.4, -0.2) is 48.8 Å². The fourth-order valence-electron chi connectivity index (χ4n) is 1.11. The second-order valence-electron chi connectivity index (χ2n) is 2.77. The fourth-order valence-corrected chi connectivity index (χ4v) is 1.83. The minimum absolute atomic E-state index is 0.147. The molecular formula is C9H18ClNO3S. The van der Waals surface area contributed by atoms with Crippen molar-refractivity contribution >= 4 is 29.3 Å². The normalized spacial score (nSPS) is 12.9. The maximum Gasteiger partial charge on any atom is 0.325 e. The molecule has 0 spiro atoms. The van der Waals surface area contributed by atoms with Crippen molar-refractivity contribution in [3.8, 4) is 0 Å². The van der Waals surface area contributed by atoms with Gasteiger partial charge in [-0.1, -0.05) is 0 Å². The van der Waals surface area contributed by atoms with Gasteiger partial charge in [0.15, 0.2) is 0 Å². The van der Waals surface area contributed by atoms with Gasteiger partial charge in [-0.3, -0.25) is 4.79 Å². The van der Waals surface area contributed by atoms with Crippen molar-refractivity contribution in [3.05, 3.63) is 0 Å². The molecule has 0 bridgehead atoms. The third kappa shape index (κ3) is 5.61. The van der Waals surface area contributed by atoms with Gasteiger partial charge in [0.05, 0.1) is 19.7 Å². The number of thioether (sulfide) groups is 1. The molecule has 0 aliphatic carbocycles. The minimum atomic E-state index is -0.417. The number of halogens is 1. The molecule has 4 nitrogen and oxygen atoms in total. The van der Waals surface area contributed by atoms with Crippen LogP contribution in [0.4, 0.5) is 0 Å². The summed E-state index contributed by atoms with van der Waals surface area (Å²) in [6.07, 6.45) is 2.65. The third-order valence-electron chi connectivity index (χ3n) is 1.85. The standard InChI is InChI=1S/C9H18ClNO3S/c1-4-14-9(12)8(5-6-15-3)11(7-10)13-2/h8H,4-7H2,1-3H3. The van der Waals surface area contributed by atoms with Gasteiger partial charge in [-0.2, -0.15) is 16.8 Å². The summed E-state index contributed by atoms with van der Waals surface area (Å²) in [5.74, 6) is 0.578. The Kier molecular flexibility index (Phi) is 9.29. The molecule has 90 valence electrons. The van der Waals surface area contributed by atoms with Gasteiger partial charge in [-0.15, -0.1) is 11.6 Å². The Balaban J connectivity index is 4.33. The van der Waals surface area contributed by atoms with Crippen molar-refractivity contribution in [2.24, 2.45) is 0 Å². The second kappa shape index (κ2) is 9.27. The molecule has 0 saturated heterocycles. The van der Waals surface area contributed by atoms with Crippen molar-refractivity contribution in [3.63, 3.8) is 0 Å². The van der Waals surface area contributed by atoms with Crippen LogP contribution >= 0.6 is 23.4 Å². The molecule has 1 unspecified atom stereocenters. The van der Waals surface area contributed by atoms with Gasteiger partial charge >= 0.3 is 5.97 Å². The first-order valence-corrected chi connectivity index (χ1v) is 6.66. The summed E-state index contributed by atoms with van der Waals surface area (Å²) in [6.45, 7) is 2.15. The van der Waals surface area contributed by atoms with Gasteiger partial charge < -0.3 is 9.57 Å². The number of hydrogen-bond acceptors (Lipinski definition) is 5. The lowest BCUT2D eigenvalue weighted by molar-refractivity contribution is -0.181. The first-order valence-electron chi connectivity index (χ1n) is 4.73. The molecule has 0 aromatic heterocycles. The molecule has 0 rings (SSSR count). The summed E-state index contributed by atoms with van der Waals surface area (Å²) in [7, 11) is 1.49. The SMILES string of the molecule is CCOC(=O)C(CCSC)N(CCl)OC. The largest absolute Gasteiger partial charge is 0.465 e. The number of hydroxylamine groups is 2. The monoisotopic (exact) mass is 255 g/mol. The molecule has 0 radical (unpaired) electrons. The Morgan fingerprint density at radius 2 is 2.27 bits per heavy atom. The van der Waals surface area contributed by atoms with Crippen molar-refractivity contribution in [2.75, 3.05) is 31.7 Å². The molecular weight excluding hydrogens is 238 g/mol. The first-order chi connectivity index (χ1) is 7.21. The molecule has 15 heavy (non-hydrogen) atoms. The molecule has 0 amide bonds. The summed E-state index contributed by atoms with van der Waals surface area (Å²) in [5.41, 5.74) is 0. The van der Waals surface area contributed by atoms with Gasteiger partial charge in [0, 0.05) is 0 Å². The van der Waals surface area contributed by atoms with E-state index in [1.165, 1.54) is 12.2 Å². The van der Waals surface area contributed by atoms with E-state index < -0.39 is 6.04 Å². The molecule has 0 heterocycles. The molecule has 0 aliphatic heterocycles. The summed E-state index contributed by atoms with van der Waals surface area (Å²) in [6, 6.07) is -0.270. The molecule has 0 aromatic rings. The number of nitrogens with zero attached hydrogens (tertiary/aromatic N) is 1. The number of esters is 1. The lowest BCUT2D eigenvalue weighted by Crippen LogP contribution is -2.41. The Hall–Kier alpha value is 0.0300. The topological polar surface area (TPSA) is 38.8 Å². The lowest BCUT2D eigenvalue weighted by Gasteiger charge is -2.25. The van der Waals surface area contributed by atoms with E-state index >= 15 is 0 Å². The summed E-state index contributed by atoms with van der Waals surface area (Å²) in [5, 5.41) is 1.43. The average molecular weight is 256 g/mol. The van der Waals surface area contributed by atoms with Crippen LogP contribution in [0.5, 0.6) is 0 Å². The zero-order chi connectivity index (χ0) is 11.7. The molecule has 0 N–H and O–H groups in total. The highest BCUT2D eigenvalue weighted by Gasteiger charge is 2.26. The van der Waals surface area contributed by atoms with Crippen LogP contribution in [0.3, 0.4) is 0 Å². The molecule has 6 heteroatoms. The predicted molar refractivity (Wildman–Crippen MR) is 63.0 cm³/mol. The first kappa shape index (κ1) is 15.0. The van der Waals surface area contributed by atoms with Crippen LogP contribution in [0.1, 0.15) is 13.3 Å². The fraction of sp³-hybridized carbons (Fsp3) is 0.889. The highest BCUT2D eigenvalue weighted by molar-refractivity contribution is 7.98. The molecule has 0 aromatic carbocycles. The maximum absolute atomic E-state index is 11.6. The van der Waals surface area contributed by atoms with E-state index in [2.05, 4.69) is 0 Å². The van der Waals surface area contributed by atoms with Crippen molar-refractivity contribution in [2.45, 2.75) is 19.4 Å². The zero-order valence-electron chi connectivity index (χ0n) is 9.36.